The highest BCUT2D eigenvalue weighted by atomic mass is 16.1. The molecule has 1 atom stereocenters. The number of hydrogen-bond acceptors (Lipinski definition) is 3. The second kappa shape index (κ2) is 9.08. The van der Waals surface area contributed by atoms with Crippen LogP contribution in [0, 0.1) is 0 Å². The van der Waals surface area contributed by atoms with E-state index >= 15 is 0 Å². The smallest absolute Gasteiger partial charge is 0.221 e. The molecule has 1 unspecified atom stereocenters. The van der Waals surface area contributed by atoms with Crippen LogP contribution in [0.5, 0.6) is 0 Å². The van der Waals surface area contributed by atoms with E-state index in [-0.39, 0.29) is 11.9 Å². The first-order chi connectivity index (χ1) is 11.1. The third-order valence-corrected chi connectivity index (χ3v) is 3.74. The molecular formula is C19H25N3O. The minimum atomic E-state index is -0.252. The summed E-state index contributed by atoms with van der Waals surface area (Å²) in [6.07, 6.45) is 0.312. The van der Waals surface area contributed by atoms with Gasteiger partial charge in [0, 0.05) is 32.1 Å². The van der Waals surface area contributed by atoms with Crippen LogP contribution in [-0.2, 0) is 11.3 Å². The molecule has 0 saturated carbocycles. The van der Waals surface area contributed by atoms with Gasteiger partial charge in [-0.3, -0.25) is 4.79 Å². The van der Waals surface area contributed by atoms with Gasteiger partial charge in [-0.25, -0.2) is 0 Å². The number of amides is 1. The molecule has 1 amide bonds. The van der Waals surface area contributed by atoms with Crippen molar-refractivity contribution in [3.8, 4) is 0 Å². The summed E-state index contributed by atoms with van der Waals surface area (Å²) in [5, 5.41) is 2.94. The van der Waals surface area contributed by atoms with Crippen LogP contribution in [0.15, 0.2) is 60.7 Å². The zero-order valence-corrected chi connectivity index (χ0v) is 13.6. The second-order valence-electron chi connectivity index (χ2n) is 5.79. The number of hydrogen-bond donors (Lipinski definition) is 2. The maximum absolute atomic E-state index is 12.0. The molecule has 0 aliphatic carbocycles. The highest BCUT2D eigenvalue weighted by Crippen LogP contribution is 2.12. The van der Waals surface area contributed by atoms with E-state index in [1.165, 1.54) is 5.56 Å². The fourth-order valence-corrected chi connectivity index (χ4v) is 2.45. The topological polar surface area (TPSA) is 58.4 Å². The lowest BCUT2D eigenvalue weighted by atomic mass is 10.0. The summed E-state index contributed by atoms with van der Waals surface area (Å²) in [7, 11) is 2.05. The summed E-state index contributed by atoms with van der Waals surface area (Å²) in [5.74, 6) is -0.00513. The first-order valence-electron chi connectivity index (χ1n) is 7.95. The van der Waals surface area contributed by atoms with Crippen molar-refractivity contribution >= 4 is 5.91 Å². The first-order valence-corrected chi connectivity index (χ1v) is 7.95. The van der Waals surface area contributed by atoms with Crippen LogP contribution < -0.4 is 11.1 Å². The van der Waals surface area contributed by atoms with Gasteiger partial charge >= 0.3 is 0 Å². The third kappa shape index (κ3) is 6.22. The van der Waals surface area contributed by atoms with Crippen molar-refractivity contribution in [3.05, 3.63) is 71.8 Å². The van der Waals surface area contributed by atoms with Gasteiger partial charge in [-0.2, -0.15) is 0 Å². The van der Waals surface area contributed by atoms with Gasteiger partial charge < -0.3 is 16.0 Å². The molecular weight excluding hydrogens is 286 g/mol. The van der Waals surface area contributed by atoms with Gasteiger partial charge in [0.15, 0.2) is 0 Å². The molecule has 2 rings (SSSR count). The highest BCUT2D eigenvalue weighted by molar-refractivity contribution is 5.76. The Morgan fingerprint density at radius 1 is 1.09 bits per heavy atom. The standard InChI is InChI=1S/C19H25N3O/c1-22(15-16-8-4-2-5-9-16)13-12-21-19(23)14-18(20)17-10-6-3-7-11-17/h2-11,18H,12-15,20H2,1H3,(H,21,23). The van der Waals surface area contributed by atoms with Crippen LogP contribution in [0.2, 0.25) is 0 Å². The van der Waals surface area contributed by atoms with E-state index in [1.807, 2.05) is 48.5 Å². The average molecular weight is 311 g/mol. The molecule has 122 valence electrons. The molecule has 4 nitrogen and oxygen atoms in total. The lowest BCUT2D eigenvalue weighted by molar-refractivity contribution is -0.121. The van der Waals surface area contributed by atoms with Crippen molar-refractivity contribution in [2.24, 2.45) is 5.73 Å². The van der Waals surface area contributed by atoms with Crippen molar-refractivity contribution in [1.29, 1.82) is 0 Å². The molecule has 4 heteroatoms. The van der Waals surface area contributed by atoms with Crippen molar-refractivity contribution in [2.75, 3.05) is 20.1 Å². The molecule has 0 aliphatic rings. The summed E-state index contributed by atoms with van der Waals surface area (Å²) in [6, 6.07) is 19.8. The minimum Gasteiger partial charge on any atom is -0.355 e. The maximum atomic E-state index is 12.0. The number of carbonyl (C=O) groups excluding carboxylic acids is 1. The molecule has 0 spiro atoms. The Labute approximate surface area is 138 Å². The molecule has 2 aromatic carbocycles. The number of benzene rings is 2. The normalized spacial score (nSPS) is 12.1. The number of nitrogens with one attached hydrogen (secondary N) is 1. The van der Waals surface area contributed by atoms with Crippen LogP contribution >= 0.6 is 0 Å². The van der Waals surface area contributed by atoms with Crippen molar-refractivity contribution in [3.63, 3.8) is 0 Å². The highest BCUT2D eigenvalue weighted by Gasteiger charge is 2.11. The van der Waals surface area contributed by atoms with E-state index in [9.17, 15) is 4.79 Å². The molecule has 0 aromatic heterocycles. The van der Waals surface area contributed by atoms with Crippen LogP contribution in [-0.4, -0.2) is 30.9 Å². The summed E-state index contributed by atoms with van der Waals surface area (Å²) < 4.78 is 0. The molecule has 2 aromatic rings. The Hall–Kier alpha value is -2.17. The monoisotopic (exact) mass is 311 g/mol. The SMILES string of the molecule is CN(CCNC(=O)CC(N)c1ccccc1)Cc1ccccc1. The lowest BCUT2D eigenvalue weighted by Crippen LogP contribution is -2.34. The zero-order chi connectivity index (χ0) is 16.5. The molecule has 0 radical (unpaired) electrons. The van der Waals surface area contributed by atoms with E-state index in [1.54, 1.807) is 0 Å². The van der Waals surface area contributed by atoms with Crippen molar-refractivity contribution < 1.29 is 4.79 Å². The lowest BCUT2D eigenvalue weighted by Gasteiger charge is -2.17. The van der Waals surface area contributed by atoms with Gasteiger partial charge in [0.2, 0.25) is 5.91 Å². The molecule has 23 heavy (non-hydrogen) atoms. The number of rotatable bonds is 8. The van der Waals surface area contributed by atoms with Gasteiger partial charge in [0.1, 0.15) is 0 Å². The molecule has 0 heterocycles. The minimum absolute atomic E-state index is 0.00513. The Morgan fingerprint density at radius 3 is 2.35 bits per heavy atom. The Morgan fingerprint density at radius 2 is 1.70 bits per heavy atom. The van der Waals surface area contributed by atoms with Crippen LogP contribution in [0.4, 0.5) is 0 Å². The van der Waals surface area contributed by atoms with E-state index in [2.05, 4.69) is 29.4 Å². The Bertz CT molecular complexity index is 586. The van der Waals surface area contributed by atoms with E-state index < -0.39 is 0 Å². The Kier molecular flexibility index (Phi) is 6.78. The number of nitrogens with zero attached hydrogens (tertiary/aromatic N) is 1. The third-order valence-electron chi connectivity index (χ3n) is 3.74. The zero-order valence-electron chi connectivity index (χ0n) is 13.6. The summed E-state index contributed by atoms with van der Waals surface area (Å²) in [6.45, 7) is 2.31. The van der Waals surface area contributed by atoms with Gasteiger partial charge in [-0.1, -0.05) is 60.7 Å². The van der Waals surface area contributed by atoms with E-state index in [0.717, 1.165) is 18.7 Å². The average Bonchev–Trinajstić information content (AvgIpc) is 2.56. The van der Waals surface area contributed by atoms with Gasteiger partial charge in [0.25, 0.3) is 0 Å². The number of likely N-dealkylation sites (N-methyl/N-ethyl adjacent to an activating group) is 1. The molecule has 0 bridgehead atoms. The van der Waals surface area contributed by atoms with Gasteiger partial charge in [-0.15, -0.1) is 0 Å². The van der Waals surface area contributed by atoms with Crippen LogP contribution in [0.1, 0.15) is 23.6 Å². The first kappa shape index (κ1) is 17.2. The quantitative estimate of drug-likeness (QED) is 0.786. The second-order valence-corrected chi connectivity index (χ2v) is 5.79. The largest absolute Gasteiger partial charge is 0.355 e. The maximum Gasteiger partial charge on any atom is 0.221 e. The molecule has 0 aliphatic heterocycles. The summed E-state index contributed by atoms with van der Waals surface area (Å²) in [5.41, 5.74) is 8.32. The number of nitrogens with two attached hydrogens (primary N) is 1. The number of carbonyl (C=O) groups is 1. The molecule has 0 fully saturated rings. The van der Waals surface area contributed by atoms with E-state index in [0.29, 0.717) is 13.0 Å². The van der Waals surface area contributed by atoms with Gasteiger partial charge in [0.05, 0.1) is 0 Å². The summed E-state index contributed by atoms with van der Waals surface area (Å²) in [4.78, 5) is 14.1. The molecule has 0 saturated heterocycles. The fraction of sp³-hybridized carbons (Fsp3) is 0.316. The summed E-state index contributed by atoms with van der Waals surface area (Å²) >= 11 is 0. The Balaban J connectivity index is 1.66. The van der Waals surface area contributed by atoms with Crippen molar-refractivity contribution in [1.82, 2.24) is 10.2 Å². The predicted molar refractivity (Wildman–Crippen MR) is 93.8 cm³/mol. The van der Waals surface area contributed by atoms with Gasteiger partial charge in [-0.05, 0) is 18.2 Å². The van der Waals surface area contributed by atoms with Crippen LogP contribution in [0.25, 0.3) is 0 Å². The van der Waals surface area contributed by atoms with E-state index in [4.69, 9.17) is 5.73 Å². The predicted octanol–water partition coefficient (Wildman–Crippen LogP) is 2.32. The van der Waals surface area contributed by atoms with Crippen LogP contribution in [0.3, 0.4) is 0 Å². The van der Waals surface area contributed by atoms with Crippen molar-refractivity contribution in [2.45, 2.75) is 19.0 Å². The fourth-order valence-electron chi connectivity index (χ4n) is 2.45. The molecule has 3 N–H and O–H groups in total.